The highest BCUT2D eigenvalue weighted by molar-refractivity contribution is 6.01. The van der Waals surface area contributed by atoms with Gasteiger partial charge in [0.2, 0.25) is 5.91 Å². The third-order valence-electron chi connectivity index (χ3n) is 4.55. The highest BCUT2D eigenvalue weighted by atomic mass is 16.3. The van der Waals surface area contributed by atoms with Crippen LogP contribution in [0.4, 0.5) is 5.69 Å². The molecule has 6 heteroatoms. The van der Waals surface area contributed by atoms with Gasteiger partial charge in [-0.2, -0.15) is 5.10 Å². The molecule has 1 fully saturated rings. The Morgan fingerprint density at radius 3 is 2.81 bits per heavy atom. The van der Waals surface area contributed by atoms with E-state index in [4.69, 9.17) is 4.42 Å². The smallest absolute Gasteiger partial charge is 0.248 e. The van der Waals surface area contributed by atoms with Crippen LogP contribution in [-0.2, 0) is 11.3 Å². The second kappa shape index (κ2) is 7.00. The molecule has 132 valence electrons. The van der Waals surface area contributed by atoms with Gasteiger partial charge in [0.05, 0.1) is 6.54 Å². The minimum atomic E-state index is -0.188. The van der Waals surface area contributed by atoms with Crippen LogP contribution < -0.4 is 5.32 Å². The van der Waals surface area contributed by atoms with E-state index in [1.54, 1.807) is 17.1 Å². The Balaban J connectivity index is 1.32. The van der Waals surface area contributed by atoms with Crippen LogP contribution in [0.3, 0.4) is 0 Å². The molecule has 0 spiro atoms. The first-order valence-corrected chi connectivity index (χ1v) is 8.67. The molecule has 2 aromatic heterocycles. The molecule has 1 aromatic carbocycles. The first-order valence-electron chi connectivity index (χ1n) is 8.67. The SMILES string of the molecule is CC1CC1c1ccc(C=CC(=O)Nc2ccc(Cn3cncn3)cc2)o1. The van der Waals surface area contributed by atoms with Crippen molar-refractivity contribution in [2.45, 2.75) is 25.8 Å². The maximum atomic E-state index is 12.1. The van der Waals surface area contributed by atoms with Crippen molar-refractivity contribution in [2.75, 3.05) is 5.32 Å². The third-order valence-corrected chi connectivity index (χ3v) is 4.55. The molecule has 0 bridgehead atoms. The molecule has 1 N–H and O–H groups in total. The van der Waals surface area contributed by atoms with Crippen molar-refractivity contribution in [3.63, 3.8) is 0 Å². The molecule has 6 nitrogen and oxygen atoms in total. The molecule has 0 saturated heterocycles. The summed E-state index contributed by atoms with van der Waals surface area (Å²) in [5.41, 5.74) is 1.83. The number of benzene rings is 1. The van der Waals surface area contributed by atoms with Gasteiger partial charge >= 0.3 is 0 Å². The molecule has 3 aromatic rings. The van der Waals surface area contributed by atoms with E-state index in [0.717, 1.165) is 17.0 Å². The Hall–Kier alpha value is -3.15. The zero-order valence-electron chi connectivity index (χ0n) is 14.5. The first kappa shape index (κ1) is 16.3. The number of anilines is 1. The largest absolute Gasteiger partial charge is 0.461 e. The summed E-state index contributed by atoms with van der Waals surface area (Å²) >= 11 is 0. The van der Waals surface area contributed by atoms with Crippen molar-refractivity contribution in [3.8, 4) is 0 Å². The molecule has 1 saturated carbocycles. The van der Waals surface area contributed by atoms with Gasteiger partial charge in [0.15, 0.2) is 0 Å². The maximum Gasteiger partial charge on any atom is 0.248 e. The topological polar surface area (TPSA) is 73.0 Å². The minimum absolute atomic E-state index is 0.188. The van der Waals surface area contributed by atoms with Crippen molar-refractivity contribution in [1.29, 1.82) is 0 Å². The fourth-order valence-corrected chi connectivity index (χ4v) is 2.91. The highest BCUT2D eigenvalue weighted by Gasteiger charge is 2.36. The van der Waals surface area contributed by atoms with Gasteiger partial charge in [-0.05, 0) is 48.2 Å². The average Bonchev–Trinajstić information content (AvgIpc) is 3.06. The Labute approximate surface area is 151 Å². The standard InChI is InChI=1S/C20H20N4O2/c1-14-10-18(14)19-8-6-17(26-19)7-9-20(25)23-16-4-2-15(3-5-16)11-24-13-21-12-22-24/h2-9,12-14,18H,10-11H2,1H3,(H,23,25). The lowest BCUT2D eigenvalue weighted by atomic mass is 10.2. The Morgan fingerprint density at radius 1 is 1.31 bits per heavy atom. The van der Waals surface area contributed by atoms with Crippen molar-refractivity contribution in [1.82, 2.24) is 14.8 Å². The van der Waals surface area contributed by atoms with Crippen LogP contribution in [0.15, 0.2) is 59.5 Å². The minimum Gasteiger partial charge on any atom is -0.461 e. The van der Waals surface area contributed by atoms with Crippen LogP contribution in [0.5, 0.6) is 0 Å². The normalized spacial score (nSPS) is 19.0. The predicted molar refractivity (Wildman–Crippen MR) is 98.5 cm³/mol. The molecule has 0 radical (unpaired) electrons. The molecule has 2 heterocycles. The summed E-state index contributed by atoms with van der Waals surface area (Å²) in [6, 6.07) is 11.6. The number of hydrogen-bond acceptors (Lipinski definition) is 4. The number of carbonyl (C=O) groups is 1. The van der Waals surface area contributed by atoms with E-state index in [9.17, 15) is 4.79 Å². The molecule has 1 aliphatic carbocycles. The van der Waals surface area contributed by atoms with Gasteiger partial charge in [-0.25, -0.2) is 9.67 Å². The molecule has 4 rings (SSSR count). The number of carbonyl (C=O) groups excluding carboxylic acids is 1. The first-order chi connectivity index (χ1) is 12.7. The Bertz CT molecular complexity index is 910. The van der Waals surface area contributed by atoms with E-state index < -0.39 is 0 Å². The number of nitrogens with zero attached hydrogens (tertiary/aromatic N) is 3. The van der Waals surface area contributed by atoms with E-state index in [1.807, 2.05) is 36.4 Å². The predicted octanol–water partition coefficient (Wildman–Crippen LogP) is 3.69. The number of amides is 1. The number of furan rings is 1. The third kappa shape index (κ3) is 3.91. The summed E-state index contributed by atoms with van der Waals surface area (Å²) in [4.78, 5) is 16.0. The molecule has 2 atom stereocenters. The van der Waals surface area contributed by atoms with Crippen LogP contribution >= 0.6 is 0 Å². The second-order valence-electron chi connectivity index (χ2n) is 6.67. The van der Waals surface area contributed by atoms with Crippen LogP contribution in [-0.4, -0.2) is 20.7 Å². The summed E-state index contributed by atoms with van der Waals surface area (Å²) in [7, 11) is 0. The van der Waals surface area contributed by atoms with Crippen molar-refractivity contribution in [3.05, 3.63) is 72.2 Å². The van der Waals surface area contributed by atoms with Gasteiger partial charge in [0.25, 0.3) is 0 Å². The van der Waals surface area contributed by atoms with Crippen LogP contribution in [0, 0.1) is 5.92 Å². The van der Waals surface area contributed by atoms with Crippen LogP contribution in [0.1, 0.15) is 36.3 Å². The summed E-state index contributed by atoms with van der Waals surface area (Å²) in [6.45, 7) is 2.86. The van der Waals surface area contributed by atoms with E-state index in [1.165, 1.54) is 18.8 Å². The zero-order chi connectivity index (χ0) is 17.9. The average molecular weight is 348 g/mol. The number of nitrogens with one attached hydrogen (secondary N) is 1. The summed E-state index contributed by atoms with van der Waals surface area (Å²) in [5, 5.41) is 6.92. The molecule has 0 aliphatic heterocycles. The number of hydrogen-bond donors (Lipinski definition) is 1. The van der Waals surface area contributed by atoms with Gasteiger partial charge in [0, 0.05) is 17.7 Å². The van der Waals surface area contributed by atoms with Crippen molar-refractivity contribution < 1.29 is 9.21 Å². The van der Waals surface area contributed by atoms with Crippen molar-refractivity contribution in [2.24, 2.45) is 5.92 Å². The zero-order valence-corrected chi connectivity index (χ0v) is 14.5. The quantitative estimate of drug-likeness (QED) is 0.690. The van der Waals surface area contributed by atoms with Gasteiger partial charge in [0.1, 0.15) is 24.2 Å². The molecule has 1 amide bonds. The van der Waals surface area contributed by atoms with Crippen LogP contribution in [0.25, 0.3) is 6.08 Å². The lowest BCUT2D eigenvalue weighted by Crippen LogP contribution is -2.08. The summed E-state index contributed by atoms with van der Waals surface area (Å²) < 4.78 is 7.51. The Kier molecular flexibility index (Phi) is 4.39. The lowest BCUT2D eigenvalue weighted by Gasteiger charge is -2.04. The molecular formula is C20H20N4O2. The molecular weight excluding hydrogens is 328 g/mol. The van der Waals surface area contributed by atoms with E-state index >= 15 is 0 Å². The van der Waals surface area contributed by atoms with Gasteiger partial charge in [-0.15, -0.1) is 0 Å². The Morgan fingerprint density at radius 2 is 2.12 bits per heavy atom. The molecule has 1 aliphatic rings. The van der Waals surface area contributed by atoms with Gasteiger partial charge < -0.3 is 9.73 Å². The summed E-state index contributed by atoms with van der Waals surface area (Å²) in [6.07, 6.45) is 7.55. The second-order valence-corrected chi connectivity index (χ2v) is 6.67. The fourth-order valence-electron chi connectivity index (χ4n) is 2.91. The van der Waals surface area contributed by atoms with E-state index in [0.29, 0.717) is 24.1 Å². The van der Waals surface area contributed by atoms with E-state index in [2.05, 4.69) is 22.3 Å². The number of aromatic nitrogens is 3. The van der Waals surface area contributed by atoms with Gasteiger partial charge in [-0.3, -0.25) is 4.79 Å². The molecule has 26 heavy (non-hydrogen) atoms. The van der Waals surface area contributed by atoms with Crippen LogP contribution in [0.2, 0.25) is 0 Å². The van der Waals surface area contributed by atoms with Gasteiger partial charge in [-0.1, -0.05) is 19.1 Å². The lowest BCUT2D eigenvalue weighted by molar-refractivity contribution is -0.111. The summed E-state index contributed by atoms with van der Waals surface area (Å²) in [5.74, 6) is 2.78. The number of rotatable bonds is 6. The van der Waals surface area contributed by atoms with Crippen molar-refractivity contribution >= 4 is 17.7 Å². The maximum absolute atomic E-state index is 12.1. The molecule has 2 unspecified atom stereocenters. The van der Waals surface area contributed by atoms with E-state index in [-0.39, 0.29) is 5.91 Å². The monoisotopic (exact) mass is 348 g/mol. The highest BCUT2D eigenvalue weighted by Crippen LogP contribution is 2.47. The fraction of sp³-hybridized carbons (Fsp3) is 0.250.